The first-order valence-corrected chi connectivity index (χ1v) is 11.5. The summed E-state index contributed by atoms with van der Waals surface area (Å²) in [6.45, 7) is 6.45. The van der Waals surface area contributed by atoms with Crippen molar-refractivity contribution in [2.24, 2.45) is 0 Å². The molecule has 1 aromatic heterocycles. The minimum Gasteiger partial charge on any atom is -0.465 e. The number of nitrogens with one attached hydrogen (secondary N) is 2. The van der Waals surface area contributed by atoms with Gasteiger partial charge in [0.1, 0.15) is 0 Å². The van der Waals surface area contributed by atoms with Crippen LogP contribution in [-0.2, 0) is 10.2 Å². The number of hydrogen-bond donors (Lipinski definition) is 2. The SMILES string of the molecule is COC(=O)c1ccc(C(=O)NNC(=O)c2ccc(-c3nnc(-c4ccc(C(C)(C)C)cc4)o3)cc2)cc1. The van der Waals surface area contributed by atoms with Gasteiger partial charge in [0.05, 0.1) is 12.7 Å². The van der Waals surface area contributed by atoms with Crippen LogP contribution in [0, 0.1) is 0 Å². The van der Waals surface area contributed by atoms with Crippen molar-refractivity contribution < 1.29 is 23.5 Å². The van der Waals surface area contributed by atoms with Gasteiger partial charge in [-0.15, -0.1) is 10.2 Å². The van der Waals surface area contributed by atoms with E-state index in [2.05, 4.69) is 46.6 Å². The van der Waals surface area contributed by atoms with Gasteiger partial charge in [0.25, 0.3) is 11.8 Å². The van der Waals surface area contributed by atoms with Crippen LogP contribution in [-0.4, -0.2) is 35.1 Å². The summed E-state index contributed by atoms with van der Waals surface area (Å²) >= 11 is 0. The summed E-state index contributed by atoms with van der Waals surface area (Å²) in [5.74, 6) is -0.813. The number of esters is 1. The van der Waals surface area contributed by atoms with Gasteiger partial charge in [-0.1, -0.05) is 32.9 Å². The molecule has 9 heteroatoms. The number of methoxy groups -OCH3 is 1. The molecule has 0 bridgehead atoms. The molecule has 0 aliphatic heterocycles. The van der Waals surface area contributed by atoms with E-state index in [1.165, 1.54) is 36.9 Å². The van der Waals surface area contributed by atoms with Crippen molar-refractivity contribution in [1.82, 2.24) is 21.0 Å². The largest absolute Gasteiger partial charge is 0.465 e. The highest BCUT2D eigenvalue weighted by Gasteiger charge is 2.16. The smallest absolute Gasteiger partial charge is 0.337 e. The second kappa shape index (κ2) is 10.4. The molecule has 0 spiro atoms. The van der Waals surface area contributed by atoms with Gasteiger partial charge >= 0.3 is 5.97 Å². The summed E-state index contributed by atoms with van der Waals surface area (Å²) in [7, 11) is 1.27. The lowest BCUT2D eigenvalue weighted by Gasteiger charge is -2.18. The molecule has 2 amide bonds. The summed E-state index contributed by atoms with van der Waals surface area (Å²) in [4.78, 5) is 36.2. The van der Waals surface area contributed by atoms with Crippen LogP contribution in [0.1, 0.15) is 57.4 Å². The Labute approximate surface area is 213 Å². The predicted octanol–water partition coefficient (Wildman–Crippen LogP) is 4.56. The fourth-order valence-corrected chi connectivity index (χ4v) is 3.47. The Bertz CT molecular complexity index is 1420. The molecule has 0 aliphatic carbocycles. The molecule has 0 fully saturated rings. The van der Waals surface area contributed by atoms with Crippen molar-refractivity contribution in [2.45, 2.75) is 26.2 Å². The number of amides is 2. The molecule has 0 saturated carbocycles. The number of rotatable bonds is 5. The van der Waals surface area contributed by atoms with Crippen molar-refractivity contribution in [1.29, 1.82) is 0 Å². The zero-order valence-corrected chi connectivity index (χ0v) is 20.9. The van der Waals surface area contributed by atoms with E-state index in [0.717, 1.165) is 5.56 Å². The highest BCUT2D eigenvalue weighted by atomic mass is 16.5. The summed E-state index contributed by atoms with van der Waals surface area (Å²) in [5.41, 5.74) is 8.33. The average Bonchev–Trinajstić information content (AvgIpc) is 3.41. The van der Waals surface area contributed by atoms with Crippen LogP contribution in [0.4, 0.5) is 0 Å². The first kappa shape index (κ1) is 25.3. The van der Waals surface area contributed by atoms with Crippen molar-refractivity contribution >= 4 is 17.8 Å². The standard InChI is InChI=1S/C28H26N4O5/c1-28(2,3)22-15-13-20(14-16-22)26-32-31-25(37-26)19-9-5-17(6-10-19)23(33)29-30-24(34)18-7-11-21(12-8-18)27(35)36-4/h5-16H,1-4H3,(H,29,33)(H,30,34). The molecule has 3 aromatic carbocycles. The van der Waals surface area contributed by atoms with Gasteiger partial charge in [-0.25, -0.2) is 4.79 Å². The maximum Gasteiger partial charge on any atom is 0.337 e. The van der Waals surface area contributed by atoms with Crippen LogP contribution < -0.4 is 10.9 Å². The zero-order valence-electron chi connectivity index (χ0n) is 20.9. The van der Waals surface area contributed by atoms with Crippen LogP contribution >= 0.6 is 0 Å². The second-order valence-electron chi connectivity index (χ2n) is 9.29. The molecule has 0 saturated heterocycles. The highest BCUT2D eigenvalue weighted by Crippen LogP contribution is 2.27. The quantitative estimate of drug-likeness (QED) is 0.305. The lowest BCUT2D eigenvalue weighted by molar-refractivity contribution is 0.0600. The molecule has 0 atom stereocenters. The third-order valence-electron chi connectivity index (χ3n) is 5.67. The Morgan fingerprint density at radius 3 is 1.51 bits per heavy atom. The minimum absolute atomic E-state index is 0.0483. The highest BCUT2D eigenvalue weighted by molar-refractivity contribution is 5.99. The molecule has 0 aliphatic rings. The zero-order chi connectivity index (χ0) is 26.6. The molecule has 9 nitrogen and oxygen atoms in total. The van der Waals surface area contributed by atoms with Gasteiger partial charge < -0.3 is 9.15 Å². The maximum atomic E-state index is 12.5. The van der Waals surface area contributed by atoms with E-state index in [1.54, 1.807) is 24.3 Å². The van der Waals surface area contributed by atoms with Gasteiger partial charge in [0, 0.05) is 22.3 Å². The van der Waals surface area contributed by atoms with E-state index in [1.807, 2.05) is 24.3 Å². The number of ether oxygens (including phenoxy) is 1. The summed E-state index contributed by atoms with van der Waals surface area (Å²) in [6, 6.07) is 20.4. The van der Waals surface area contributed by atoms with E-state index in [4.69, 9.17) is 4.42 Å². The van der Waals surface area contributed by atoms with E-state index < -0.39 is 17.8 Å². The fourth-order valence-electron chi connectivity index (χ4n) is 3.47. The van der Waals surface area contributed by atoms with Crippen molar-refractivity contribution in [3.8, 4) is 22.9 Å². The monoisotopic (exact) mass is 498 g/mol. The van der Waals surface area contributed by atoms with E-state index in [9.17, 15) is 14.4 Å². The Morgan fingerprint density at radius 1 is 0.676 bits per heavy atom. The van der Waals surface area contributed by atoms with Crippen LogP contribution in [0.2, 0.25) is 0 Å². The summed E-state index contributed by atoms with van der Waals surface area (Å²) in [6.07, 6.45) is 0. The Hall–Kier alpha value is -4.79. The van der Waals surface area contributed by atoms with Crippen LogP contribution in [0.5, 0.6) is 0 Å². The number of hydrazine groups is 1. The third-order valence-corrected chi connectivity index (χ3v) is 5.67. The molecule has 0 unspecified atom stereocenters. The Kier molecular flexibility index (Phi) is 7.15. The molecular formula is C28H26N4O5. The number of hydrogen-bond acceptors (Lipinski definition) is 7. The molecule has 37 heavy (non-hydrogen) atoms. The van der Waals surface area contributed by atoms with Crippen molar-refractivity contribution in [3.63, 3.8) is 0 Å². The van der Waals surface area contributed by atoms with E-state index in [-0.39, 0.29) is 11.0 Å². The normalized spacial score (nSPS) is 11.0. The summed E-state index contributed by atoms with van der Waals surface area (Å²) < 4.78 is 10.5. The lowest BCUT2D eigenvalue weighted by Crippen LogP contribution is -2.41. The number of benzene rings is 3. The van der Waals surface area contributed by atoms with Gasteiger partial charge in [0.2, 0.25) is 11.8 Å². The number of carbonyl (C=O) groups is 3. The lowest BCUT2D eigenvalue weighted by atomic mass is 9.87. The van der Waals surface area contributed by atoms with Gasteiger partial charge in [-0.3, -0.25) is 20.4 Å². The van der Waals surface area contributed by atoms with Crippen molar-refractivity contribution in [3.05, 3.63) is 95.1 Å². The van der Waals surface area contributed by atoms with Crippen LogP contribution in [0.15, 0.2) is 77.2 Å². The van der Waals surface area contributed by atoms with Crippen LogP contribution in [0.3, 0.4) is 0 Å². The van der Waals surface area contributed by atoms with Gasteiger partial charge in [0.15, 0.2) is 0 Å². The number of aromatic nitrogens is 2. The number of nitrogens with zero attached hydrogens (tertiary/aromatic N) is 2. The fraction of sp³-hybridized carbons (Fsp3) is 0.179. The first-order chi connectivity index (χ1) is 17.7. The third kappa shape index (κ3) is 5.90. The van der Waals surface area contributed by atoms with E-state index in [0.29, 0.717) is 28.5 Å². The summed E-state index contributed by atoms with van der Waals surface area (Å²) in [5, 5.41) is 8.26. The minimum atomic E-state index is -0.532. The Morgan fingerprint density at radius 2 is 1.08 bits per heavy atom. The molecule has 188 valence electrons. The molecular weight excluding hydrogens is 472 g/mol. The molecule has 4 rings (SSSR count). The average molecular weight is 499 g/mol. The molecule has 0 radical (unpaired) electrons. The van der Waals surface area contributed by atoms with Crippen molar-refractivity contribution in [2.75, 3.05) is 7.11 Å². The molecule has 1 heterocycles. The van der Waals surface area contributed by atoms with Gasteiger partial charge in [-0.2, -0.15) is 0 Å². The van der Waals surface area contributed by atoms with Gasteiger partial charge in [-0.05, 0) is 71.6 Å². The second-order valence-corrected chi connectivity index (χ2v) is 9.29. The topological polar surface area (TPSA) is 123 Å². The number of carbonyl (C=O) groups excluding carboxylic acids is 3. The molecule has 4 aromatic rings. The van der Waals surface area contributed by atoms with Crippen LogP contribution in [0.25, 0.3) is 22.9 Å². The Balaban J connectivity index is 1.37. The predicted molar refractivity (Wildman–Crippen MR) is 137 cm³/mol. The molecule has 2 N–H and O–H groups in total. The van der Waals surface area contributed by atoms with E-state index >= 15 is 0 Å². The maximum absolute atomic E-state index is 12.5. The first-order valence-electron chi connectivity index (χ1n) is 11.5.